The van der Waals surface area contributed by atoms with Crippen LogP contribution in [0.5, 0.6) is 0 Å². The number of carbonyl (C=O) groups is 1. The molecule has 25 heavy (non-hydrogen) atoms. The van der Waals surface area contributed by atoms with E-state index in [1.807, 2.05) is 6.07 Å². The summed E-state index contributed by atoms with van der Waals surface area (Å²) in [6.45, 7) is 0.694. The number of carbonyl (C=O) groups excluding carboxylic acids is 1. The number of nitrogens with zero attached hydrogens (tertiary/aromatic N) is 2. The van der Waals surface area contributed by atoms with E-state index in [9.17, 15) is 13.2 Å². The fraction of sp³-hybridized carbons (Fsp3) is 0.765. The second-order valence-electron chi connectivity index (χ2n) is 7.23. The first-order chi connectivity index (χ1) is 12.0. The number of hydrogen-bond donors (Lipinski definition) is 2. The van der Waals surface area contributed by atoms with Crippen LogP contribution in [-0.4, -0.2) is 42.2 Å². The number of aromatic nitrogens is 2. The van der Waals surface area contributed by atoms with Gasteiger partial charge in [-0.2, -0.15) is 5.10 Å². The number of amides is 1. The van der Waals surface area contributed by atoms with Gasteiger partial charge in [0.2, 0.25) is 5.91 Å². The van der Waals surface area contributed by atoms with Crippen LogP contribution in [0, 0.1) is 0 Å². The van der Waals surface area contributed by atoms with Crippen molar-refractivity contribution in [2.75, 3.05) is 23.4 Å². The number of sulfone groups is 1. The van der Waals surface area contributed by atoms with Crippen LogP contribution in [0.25, 0.3) is 0 Å². The zero-order chi connectivity index (χ0) is 17.9. The van der Waals surface area contributed by atoms with Crippen LogP contribution in [0.3, 0.4) is 0 Å². The summed E-state index contributed by atoms with van der Waals surface area (Å²) in [6, 6.07) is 1.76. The first-order valence-corrected chi connectivity index (χ1v) is 11.1. The van der Waals surface area contributed by atoms with E-state index in [4.69, 9.17) is 5.73 Å². The van der Waals surface area contributed by atoms with Gasteiger partial charge in [0, 0.05) is 18.4 Å². The van der Waals surface area contributed by atoms with Crippen LogP contribution in [0.2, 0.25) is 0 Å². The predicted molar refractivity (Wildman–Crippen MR) is 97.3 cm³/mol. The lowest BCUT2D eigenvalue weighted by molar-refractivity contribution is -0.116. The highest BCUT2D eigenvalue weighted by molar-refractivity contribution is 7.91. The van der Waals surface area contributed by atoms with Gasteiger partial charge in [-0.05, 0) is 38.6 Å². The topological polar surface area (TPSA) is 107 Å². The molecule has 1 aromatic rings. The Balaban J connectivity index is 1.62. The molecule has 2 aliphatic rings. The Bertz CT molecular complexity index is 709. The fourth-order valence-corrected chi connectivity index (χ4v) is 5.01. The number of anilines is 1. The summed E-state index contributed by atoms with van der Waals surface area (Å²) in [4.78, 5) is 12.2. The molecule has 1 atom stereocenters. The third kappa shape index (κ3) is 5.04. The van der Waals surface area contributed by atoms with E-state index < -0.39 is 9.84 Å². The SMILES string of the molecule is NCCCCCCC(=O)Nc1cc(C2CC2)nn1C1CCS(=O)(=O)C1. The summed E-state index contributed by atoms with van der Waals surface area (Å²) < 4.78 is 25.3. The second-order valence-corrected chi connectivity index (χ2v) is 9.46. The molecule has 8 heteroatoms. The van der Waals surface area contributed by atoms with Gasteiger partial charge in [0.05, 0.1) is 23.2 Å². The van der Waals surface area contributed by atoms with Crippen LogP contribution < -0.4 is 11.1 Å². The van der Waals surface area contributed by atoms with Gasteiger partial charge in [-0.3, -0.25) is 4.79 Å². The molecule has 1 aliphatic carbocycles. The smallest absolute Gasteiger partial charge is 0.225 e. The van der Waals surface area contributed by atoms with Crippen LogP contribution in [0.15, 0.2) is 6.07 Å². The van der Waals surface area contributed by atoms with Crippen molar-refractivity contribution in [2.24, 2.45) is 5.73 Å². The predicted octanol–water partition coefficient (Wildman–Crippen LogP) is 1.97. The summed E-state index contributed by atoms with van der Waals surface area (Å²) in [7, 11) is -2.99. The van der Waals surface area contributed by atoms with E-state index in [-0.39, 0.29) is 23.5 Å². The van der Waals surface area contributed by atoms with Gasteiger partial charge >= 0.3 is 0 Å². The number of unbranched alkanes of at least 4 members (excludes halogenated alkanes) is 3. The van der Waals surface area contributed by atoms with E-state index in [0.717, 1.165) is 44.2 Å². The van der Waals surface area contributed by atoms with Crippen molar-refractivity contribution < 1.29 is 13.2 Å². The molecule has 1 saturated heterocycles. The lowest BCUT2D eigenvalue weighted by Crippen LogP contribution is -2.19. The molecule has 140 valence electrons. The van der Waals surface area contributed by atoms with Gasteiger partial charge in [-0.25, -0.2) is 13.1 Å². The molecule has 2 fully saturated rings. The Morgan fingerprint density at radius 2 is 2.00 bits per heavy atom. The minimum atomic E-state index is -2.99. The van der Waals surface area contributed by atoms with Gasteiger partial charge in [0.15, 0.2) is 9.84 Å². The molecular formula is C17H28N4O3S. The van der Waals surface area contributed by atoms with Crippen molar-refractivity contribution in [2.45, 2.75) is 63.3 Å². The number of nitrogens with two attached hydrogens (primary N) is 1. The van der Waals surface area contributed by atoms with E-state index >= 15 is 0 Å². The molecule has 1 unspecified atom stereocenters. The quantitative estimate of drug-likeness (QED) is 0.648. The first-order valence-electron chi connectivity index (χ1n) is 9.28. The fourth-order valence-electron chi connectivity index (χ4n) is 3.32. The molecule has 1 aromatic heterocycles. The summed E-state index contributed by atoms with van der Waals surface area (Å²) in [5.41, 5.74) is 6.44. The third-order valence-corrected chi connectivity index (χ3v) is 6.68. The third-order valence-electron chi connectivity index (χ3n) is 4.93. The standard InChI is InChI=1S/C17H28N4O3S/c18-9-4-2-1-3-5-17(22)19-16-11-15(13-6-7-13)20-21(16)14-8-10-25(23,24)12-14/h11,13-14H,1-10,12,18H2,(H,19,22). The Labute approximate surface area is 149 Å². The molecule has 0 aromatic carbocycles. The van der Waals surface area contributed by atoms with Crippen LogP contribution in [0.1, 0.15) is 69.0 Å². The normalized spacial score (nSPS) is 22.2. The molecule has 0 bridgehead atoms. The number of nitrogens with one attached hydrogen (secondary N) is 1. The first kappa shape index (κ1) is 18.4. The van der Waals surface area contributed by atoms with E-state index in [2.05, 4.69) is 10.4 Å². The van der Waals surface area contributed by atoms with Crippen molar-refractivity contribution in [1.29, 1.82) is 0 Å². The molecule has 1 aliphatic heterocycles. The van der Waals surface area contributed by atoms with Crippen molar-refractivity contribution in [3.63, 3.8) is 0 Å². The van der Waals surface area contributed by atoms with Crippen LogP contribution in [-0.2, 0) is 14.6 Å². The summed E-state index contributed by atoms with van der Waals surface area (Å²) in [5, 5.41) is 7.57. The van der Waals surface area contributed by atoms with Gasteiger partial charge in [-0.1, -0.05) is 12.8 Å². The average molecular weight is 369 g/mol. The molecule has 3 rings (SSSR count). The Morgan fingerprint density at radius 1 is 1.24 bits per heavy atom. The minimum absolute atomic E-state index is 0.0305. The van der Waals surface area contributed by atoms with Crippen LogP contribution >= 0.6 is 0 Å². The highest BCUT2D eigenvalue weighted by Crippen LogP contribution is 2.41. The molecule has 1 saturated carbocycles. The maximum absolute atomic E-state index is 12.2. The maximum Gasteiger partial charge on any atom is 0.225 e. The average Bonchev–Trinajstić information content (AvgIpc) is 3.23. The Hall–Kier alpha value is -1.41. The lowest BCUT2D eigenvalue weighted by atomic mass is 10.1. The van der Waals surface area contributed by atoms with Gasteiger partial charge in [-0.15, -0.1) is 0 Å². The molecule has 0 spiro atoms. The molecule has 7 nitrogen and oxygen atoms in total. The zero-order valence-electron chi connectivity index (χ0n) is 14.6. The maximum atomic E-state index is 12.2. The molecule has 2 heterocycles. The van der Waals surface area contributed by atoms with E-state index in [1.165, 1.54) is 0 Å². The summed E-state index contributed by atoms with van der Waals surface area (Å²) in [5.74, 6) is 1.39. The highest BCUT2D eigenvalue weighted by Gasteiger charge is 2.34. The zero-order valence-corrected chi connectivity index (χ0v) is 15.4. The molecule has 1 amide bonds. The Kier molecular flexibility index (Phi) is 5.78. The molecule has 3 N–H and O–H groups in total. The van der Waals surface area contributed by atoms with Crippen molar-refractivity contribution in [3.8, 4) is 0 Å². The van der Waals surface area contributed by atoms with E-state index in [0.29, 0.717) is 31.1 Å². The van der Waals surface area contributed by atoms with Gasteiger partial charge < -0.3 is 11.1 Å². The highest BCUT2D eigenvalue weighted by atomic mass is 32.2. The van der Waals surface area contributed by atoms with Gasteiger partial charge in [0.25, 0.3) is 0 Å². The largest absolute Gasteiger partial charge is 0.330 e. The van der Waals surface area contributed by atoms with Crippen LogP contribution in [0.4, 0.5) is 5.82 Å². The molecule has 0 radical (unpaired) electrons. The van der Waals surface area contributed by atoms with Crippen molar-refractivity contribution in [1.82, 2.24) is 9.78 Å². The summed E-state index contributed by atoms with van der Waals surface area (Å²) >= 11 is 0. The lowest BCUT2D eigenvalue weighted by Gasteiger charge is -2.13. The van der Waals surface area contributed by atoms with Crippen molar-refractivity contribution in [3.05, 3.63) is 11.8 Å². The number of hydrogen-bond acceptors (Lipinski definition) is 5. The van der Waals surface area contributed by atoms with E-state index in [1.54, 1.807) is 4.68 Å². The second kappa shape index (κ2) is 7.86. The van der Waals surface area contributed by atoms with Crippen molar-refractivity contribution >= 4 is 21.6 Å². The molecular weight excluding hydrogens is 340 g/mol. The minimum Gasteiger partial charge on any atom is -0.330 e. The Morgan fingerprint density at radius 3 is 2.64 bits per heavy atom. The van der Waals surface area contributed by atoms with Gasteiger partial charge in [0.1, 0.15) is 5.82 Å². The number of rotatable bonds is 9. The summed E-state index contributed by atoms with van der Waals surface area (Å²) in [6.07, 6.45) is 7.16. The monoisotopic (exact) mass is 368 g/mol.